The van der Waals surface area contributed by atoms with Gasteiger partial charge in [0.1, 0.15) is 12.1 Å². The summed E-state index contributed by atoms with van der Waals surface area (Å²) in [4.78, 5) is 4.48. The Labute approximate surface area is 117 Å². The van der Waals surface area contributed by atoms with E-state index in [9.17, 15) is 0 Å². The Kier molecular flexibility index (Phi) is 2.93. The van der Waals surface area contributed by atoms with Crippen LogP contribution in [-0.2, 0) is 0 Å². The van der Waals surface area contributed by atoms with Crippen LogP contribution in [0.5, 0.6) is 0 Å². The summed E-state index contributed by atoms with van der Waals surface area (Å²) in [7, 11) is 0. The third kappa shape index (κ3) is 2.03. The van der Waals surface area contributed by atoms with Crippen molar-refractivity contribution >= 4 is 16.7 Å². The highest BCUT2D eigenvalue weighted by molar-refractivity contribution is 5.89. The van der Waals surface area contributed by atoms with Crippen LogP contribution in [0.3, 0.4) is 0 Å². The van der Waals surface area contributed by atoms with Crippen LogP contribution >= 0.6 is 0 Å². The number of hydrogen-bond donors (Lipinski definition) is 1. The fourth-order valence-electron chi connectivity index (χ4n) is 2.34. The SMILES string of the molecule is Cc1nocc1-c1cc2cc(C(C)C)ccc2nc1N. The van der Waals surface area contributed by atoms with Gasteiger partial charge < -0.3 is 10.3 Å². The monoisotopic (exact) mass is 267 g/mol. The number of aryl methyl sites for hydroxylation is 1. The largest absolute Gasteiger partial charge is 0.383 e. The van der Waals surface area contributed by atoms with Crippen molar-refractivity contribution in [2.24, 2.45) is 0 Å². The number of nitrogens with two attached hydrogens (primary N) is 1. The van der Waals surface area contributed by atoms with Crippen LogP contribution in [-0.4, -0.2) is 10.1 Å². The van der Waals surface area contributed by atoms with Gasteiger partial charge in [0.15, 0.2) is 0 Å². The molecule has 2 N–H and O–H groups in total. The van der Waals surface area contributed by atoms with E-state index >= 15 is 0 Å². The van der Waals surface area contributed by atoms with E-state index in [1.807, 2.05) is 13.0 Å². The van der Waals surface area contributed by atoms with Gasteiger partial charge in [-0.2, -0.15) is 0 Å². The molecule has 2 aromatic heterocycles. The Bertz CT molecular complexity index is 774. The molecule has 2 heterocycles. The minimum Gasteiger partial charge on any atom is -0.383 e. The van der Waals surface area contributed by atoms with Crippen molar-refractivity contribution < 1.29 is 4.52 Å². The number of benzene rings is 1. The summed E-state index contributed by atoms with van der Waals surface area (Å²) in [5.41, 5.74) is 10.8. The topological polar surface area (TPSA) is 64.9 Å². The fraction of sp³-hybridized carbons (Fsp3) is 0.250. The van der Waals surface area contributed by atoms with Gasteiger partial charge in [-0.3, -0.25) is 0 Å². The van der Waals surface area contributed by atoms with Crippen molar-refractivity contribution in [2.75, 3.05) is 5.73 Å². The first-order valence-electron chi connectivity index (χ1n) is 6.68. The lowest BCUT2D eigenvalue weighted by Gasteiger charge is -2.09. The number of aromatic nitrogens is 2. The van der Waals surface area contributed by atoms with Crippen molar-refractivity contribution in [3.8, 4) is 11.1 Å². The highest BCUT2D eigenvalue weighted by Gasteiger charge is 2.12. The van der Waals surface area contributed by atoms with Crippen molar-refractivity contribution in [1.82, 2.24) is 10.1 Å². The van der Waals surface area contributed by atoms with Gasteiger partial charge in [-0.05, 0) is 36.6 Å². The number of anilines is 1. The van der Waals surface area contributed by atoms with E-state index < -0.39 is 0 Å². The summed E-state index contributed by atoms with van der Waals surface area (Å²) in [5, 5.41) is 4.99. The summed E-state index contributed by atoms with van der Waals surface area (Å²) in [5.74, 6) is 0.985. The second-order valence-corrected chi connectivity index (χ2v) is 5.34. The molecule has 0 aliphatic heterocycles. The van der Waals surface area contributed by atoms with E-state index in [-0.39, 0.29) is 0 Å². The molecule has 0 aliphatic carbocycles. The zero-order chi connectivity index (χ0) is 14.3. The van der Waals surface area contributed by atoms with Crippen LogP contribution in [0.2, 0.25) is 0 Å². The number of nitrogens with zero attached hydrogens (tertiary/aromatic N) is 2. The first kappa shape index (κ1) is 12.7. The molecule has 0 fully saturated rings. The second-order valence-electron chi connectivity index (χ2n) is 5.34. The van der Waals surface area contributed by atoms with Crippen LogP contribution < -0.4 is 5.73 Å². The minimum absolute atomic E-state index is 0.484. The van der Waals surface area contributed by atoms with Crippen LogP contribution in [0, 0.1) is 6.92 Å². The Morgan fingerprint density at radius 2 is 1.95 bits per heavy atom. The summed E-state index contributed by atoms with van der Waals surface area (Å²) in [6.07, 6.45) is 1.61. The van der Waals surface area contributed by atoms with E-state index in [0.717, 1.165) is 27.7 Å². The smallest absolute Gasteiger partial charge is 0.132 e. The van der Waals surface area contributed by atoms with Crippen molar-refractivity contribution in [3.63, 3.8) is 0 Å². The molecule has 1 aromatic carbocycles. The lowest BCUT2D eigenvalue weighted by molar-refractivity contribution is 0.415. The maximum atomic E-state index is 6.06. The van der Waals surface area contributed by atoms with Crippen LogP contribution in [0.1, 0.15) is 31.0 Å². The Hall–Kier alpha value is -2.36. The van der Waals surface area contributed by atoms with E-state index in [2.05, 4.69) is 42.2 Å². The first-order chi connectivity index (χ1) is 9.56. The molecule has 0 aliphatic rings. The van der Waals surface area contributed by atoms with E-state index in [0.29, 0.717) is 11.7 Å². The third-order valence-electron chi connectivity index (χ3n) is 3.58. The molecule has 102 valence electrons. The van der Waals surface area contributed by atoms with Crippen molar-refractivity contribution in [3.05, 3.63) is 41.8 Å². The summed E-state index contributed by atoms with van der Waals surface area (Å²) in [6, 6.07) is 8.34. The normalized spacial score (nSPS) is 11.4. The van der Waals surface area contributed by atoms with Crippen LogP contribution in [0.25, 0.3) is 22.0 Å². The average molecular weight is 267 g/mol. The molecule has 0 saturated heterocycles. The molecule has 0 bridgehead atoms. The van der Waals surface area contributed by atoms with E-state index in [1.165, 1.54) is 5.56 Å². The van der Waals surface area contributed by atoms with Gasteiger partial charge in [0.25, 0.3) is 0 Å². The van der Waals surface area contributed by atoms with Gasteiger partial charge in [-0.1, -0.05) is 25.1 Å². The highest BCUT2D eigenvalue weighted by Crippen LogP contribution is 2.31. The molecule has 3 aromatic rings. The number of nitrogen functional groups attached to an aromatic ring is 1. The zero-order valence-electron chi connectivity index (χ0n) is 11.8. The lowest BCUT2D eigenvalue weighted by Crippen LogP contribution is -1.96. The predicted molar refractivity (Wildman–Crippen MR) is 80.5 cm³/mol. The number of fused-ring (bicyclic) bond motifs is 1. The van der Waals surface area contributed by atoms with Gasteiger partial charge in [0, 0.05) is 16.5 Å². The standard InChI is InChI=1S/C16H17N3O/c1-9(2)11-4-5-15-12(6-11)7-13(16(17)18-15)14-8-20-19-10(14)3/h4-9H,1-3H3,(H2,17,18). The average Bonchev–Trinajstić information content (AvgIpc) is 2.83. The van der Waals surface area contributed by atoms with Gasteiger partial charge in [-0.25, -0.2) is 4.98 Å². The molecule has 20 heavy (non-hydrogen) atoms. The highest BCUT2D eigenvalue weighted by atomic mass is 16.5. The number of hydrogen-bond acceptors (Lipinski definition) is 4. The van der Waals surface area contributed by atoms with Crippen molar-refractivity contribution in [2.45, 2.75) is 26.7 Å². The molecule has 0 spiro atoms. The van der Waals surface area contributed by atoms with Gasteiger partial charge in [0.2, 0.25) is 0 Å². The molecule has 0 amide bonds. The number of rotatable bonds is 2. The molecule has 0 atom stereocenters. The Morgan fingerprint density at radius 3 is 2.60 bits per heavy atom. The van der Waals surface area contributed by atoms with E-state index in [1.54, 1.807) is 6.26 Å². The minimum atomic E-state index is 0.484. The summed E-state index contributed by atoms with van der Waals surface area (Å²) in [6.45, 7) is 6.25. The van der Waals surface area contributed by atoms with Crippen LogP contribution in [0.15, 0.2) is 35.1 Å². The summed E-state index contributed by atoms with van der Waals surface area (Å²) >= 11 is 0. The van der Waals surface area contributed by atoms with Gasteiger partial charge >= 0.3 is 0 Å². The molecule has 0 saturated carbocycles. The molecular formula is C16H17N3O. The number of pyridine rings is 1. The van der Waals surface area contributed by atoms with Crippen molar-refractivity contribution in [1.29, 1.82) is 0 Å². The van der Waals surface area contributed by atoms with E-state index in [4.69, 9.17) is 10.3 Å². The first-order valence-corrected chi connectivity index (χ1v) is 6.68. The van der Waals surface area contributed by atoms with Crippen LogP contribution in [0.4, 0.5) is 5.82 Å². The van der Waals surface area contributed by atoms with Gasteiger partial charge in [-0.15, -0.1) is 0 Å². The fourth-order valence-corrected chi connectivity index (χ4v) is 2.34. The molecular weight excluding hydrogens is 250 g/mol. The molecule has 3 rings (SSSR count). The molecule has 4 nitrogen and oxygen atoms in total. The maximum Gasteiger partial charge on any atom is 0.132 e. The molecule has 0 unspecified atom stereocenters. The molecule has 4 heteroatoms. The Morgan fingerprint density at radius 1 is 1.15 bits per heavy atom. The maximum absolute atomic E-state index is 6.06. The lowest BCUT2D eigenvalue weighted by atomic mass is 9.99. The second kappa shape index (κ2) is 4.63. The predicted octanol–water partition coefficient (Wildman–Crippen LogP) is 3.90. The Balaban J connectivity index is 2.23. The summed E-state index contributed by atoms with van der Waals surface area (Å²) < 4.78 is 5.00. The zero-order valence-corrected chi connectivity index (χ0v) is 11.8. The third-order valence-corrected chi connectivity index (χ3v) is 3.58. The molecule has 0 radical (unpaired) electrons. The quantitative estimate of drug-likeness (QED) is 0.764. The van der Waals surface area contributed by atoms with Gasteiger partial charge in [0.05, 0.1) is 11.2 Å².